The molecule has 0 aromatic heterocycles. The quantitative estimate of drug-likeness (QED) is 0.634. The van der Waals surface area contributed by atoms with Crippen LogP contribution in [0.25, 0.3) is 6.08 Å². The molecule has 0 saturated carbocycles. The van der Waals surface area contributed by atoms with Crippen LogP contribution in [0.1, 0.15) is 12.5 Å². The Kier molecular flexibility index (Phi) is 5.23. The molecule has 1 aromatic carbocycles. The maximum Gasteiger partial charge on any atom is 0.247 e. The fourth-order valence-corrected chi connectivity index (χ4v) is 1.80. The Morgan fingerprint density at radius 2 is 2.20 bits per heavy atom. The molecule has 5 nitrogen and oxygen atoms in total. The summed E-state index contributed by atoms with van der Waals surface area (Å²) in [6, 6.07) is 9.81. The first-order valence-electron chi connectivity index (χ1n) is 6.44. The van der Waals surface area contributed by atoms with E-state index < -0.39 is 0 Å². The summed E-state index contributed by atoms with van der Waals surface area (Å²) in [6.07, 6.45) is 7.00. The molecule has 1 unspecified atom stereocenters. The third kappa shape index (κ3) is 3.88. The molecule has 1 amide bonds. The van der Waals surface area contributed by atoms with Crippen LogP contribution in [-0.4, -0.2) is 18.7 Å². The summed E-state index contributed by atoms with van der Waals surface area (Å²) in [5.74, 6) is -0.580. The summed E-state index contributed by atoms with van der Waals surface area (Å²) in [5, 5.41) is 0. The van der Waals surface area contributed by atoms with Crippen LogP contribution in [0.5, 0.6) is 0 Å². The maximum absolute atomic E-state index is 12.1. The summed E-state index contributed by atoms with van der Waals surface area (Å²) in [6.45, 7) is 2.29. The number of aliphatic imine (C=N–C) groups is 1. The molecule has 1 heterocycles. The smallest absolute Gasteiger partial charge is 0.247 e. The number of carbonyl (C=O) groups is 1. The third-order valence-electron chi connectivity index (χ3n) is 2.75. The predicted octanol–water partition coefficient (Wildman–Crippen LogP) is 1.86. The molecule has 0 saturated heterocycles. The lowest BCUT2D eigenvalue weighted by molar-refractivity contribution is -0.128. The summed E-state index contributed by atoms with van der Waals surface area (Å²) < 4.78 is 0. The van der Waals surface area contributed by atoms with Crippen molar-refractivity contribution in [1.82, 2.24) is 11.0 Å². The number of carbonyl (C=O) groups excluding carboxylic acids is 1. The van der Waals surface area contributed by atoms with Crippen molar-refractivity contribution in [2.75, 3.05) is 6.61 Å². The third-order valence-corrected chi connectivity index (χ3v) is 2.75. The number of nitrogens with one attached hydrogen (secondary N) is 2. The van der Waals surface area contributed by atoms with Crippen molar-refractivity contribution in [3.63, 3.8) is 0 Å². The van der Waals surface area contributed by atoms with Gasteiger partial charge >= 0.3 is 0 Å². The summed E-state index contributed by atoms with van der Waals surface area (Å²) in [7, 11) is 0. The van der Waals surface area contributed by atoms with Gasteiger partial charge in [-0.1, -0.05) is 30.3 Å². The second-order valence-corrected chi connectivity index (χ2v) is 4.18. The normalized spacial score (nSPS) is 19.2. The molecule has 0 bridgehead atoms. The van der Waals surface area contributed by atoms with E-state index in [0.29, 0.717) is 6.61 Å². The van der Waals surface area contributed by atoms with Gasteiger partial charge in [0, 0.05) is 12.4 Å². The lowest BCUT2D eigenvalue weighted by Gasteiger charge is -2.16. The topological polar surface area (TPSA) is 62.7 Å². The van der Waals surface area contributed by atoms with E-state index in [1.54, 1.807) is 18.5 Å². The van der Waals surface area contributed by atoms with E-state index in [0.717, 1.165) is 11.1 Å². The highest BCUT2D eigenvalue weighted by Crippen LogP contribution is 2.18. The number of hydrogen-bond acceptors (Lipinski definition) is 4. The molecule has 1 aliphatic rings. The van der Waals surface area contributed by atoms with Gasteiger partial charge in [0.2, 0.25) is 5.91 Å². The Hall–Kier alpha value is -2.24. The van der Waals surface area contributed by atoms with Crippen molar-refractivity contribution in [3.8, 4) is 0 Å². The van der Waals surface area contributed by atoms with Crippen LogP contribution < -0.4 is 11.0 Å². The Morgan fingerprint density at radius 3 is 2.95 bits per heavy atom. The van der Waals surface area contributed by atoms with Crippen LogP contribution in [-0.2, 0) is 9.63 Å². The van der Waals surface area contributed by atoms with Gasteiger partial charge in [-0.15, -0.1) is 5.59 Å². The van der Waals surface area contributed by atoms with Gasteiger partial charge < -0.3 is 0 Å². The lowest BCUT2D eigenvalue weighted by Crippen LogP contribution is -2.41. The number of benzene rings is 1. The van der Waals surface area contributed by atoms with E-state index in [9.17, 15) is 4.79 Å². The minimum Gasteiger partial charge on any atom is -0.283 e. The molecule has 1 aromatic rings. The van der Waals surface area contributed by atoms with Crippen LogP contribution >= 0.6 is 0 Å². The Balaban J connectivity index is 2.10. The standard InChI is InChI=1S/C15H17N3O2/c1-2-20-18-17-15(19)14-8-9-16-11-13(14)10-12-6-4-3-5-7-12/h3-11,14,18H,2H2,1H3,(H,17,19)/b13-10-. The Bertz CT molecular complexity index is 535. The zero-order chi connectivity index (χ0) is 14.2. The molecule has 20 heavy (non-hydrogen) atoms. The van der Waals surface area contributed by atoms with E-state index in [1.807, 2.05) is 43.3 Å². The second-order valence-electron chi connectivity index (χ2n) is 4.18. The fraction of sp³-hybridized carbons (Fsp3) is 0.200. The SMILES string of the molecule is CCONNC(=O)C1C=CN=C/C1=C/c1ccccc1. The molecule has 0 spiro atoms. The molecule has 0 radical (unpaired) electrons. The van der Waals surface area contributed by atoms with Gasteiger partial charge in [-0.3, -0.25) is 20.1 Å². The average Bonchev–Trinajstić information content (AvgIpc) is 2.49. The minimum atomic E-state index is -0.388. The fourth-order valence-electron chi connectivity index (χ4n) is 1.80. The van der Waals surface area contributed by atoms with Crippen LogP contribution in [0.15, 0.2) is 53.2 Å². The number of amides is 1. The average molecular weight is 271 g/mol. The van der Waals surface area contributed by atoms with E-state index in [4.69, 9.17) is 4.84 Å². The zero-order valence-electron chi connectivity index (χ0n) is 11.2. The van der Waals surface area contributed by atoms with Gasteiger partial charge in [0.05, 0.1) is 12.5 Å². The van der Waals surface area contributed by atoms with Crippen LogP contribution in [0.2, 0.25) is 0 Å². The van der Waals surface area contributed by atoms with Crippen molar-refractivity contribution in [2.24, 2.45) is 10.9 Å². The highest BCUT2D eigenvalue weighted by Gasteiger charge is 2.20. The first-order valence-corrected chi connectivity index (χ1v) is 6.44. The van der Waals surface area contributed by atoms with Crippen LogP contribution in [0, 0.1) is 5.92 Å². The molecule has 0 fully saturated rings. The number of hydrazine groups is 1. The molecule has 2 N–H and O–H groups in total. The van der Waals surface area contributed by atoms with Gasteiger partial charge in [0.25, 0.3) is 0 Å². The number of hydrogen-bond donors (Lipinski definition) is 2. The zero-order valence-corrected chi connectivity index (χ0v) is 11.2. The minimum absolute atomic E-state index is 0.192. The van der Waals surface area contributed by atoms with Crippen LogP contribution in [0.4, 0.5) is 0 Å². The Labute approximate surface area is 118 Å². The van der Waals surface area contributed by atoms with Gasteiger partial charge in [0.15, 0.2) is 0 Å². The van der Waals surface area contributed by atoms with Gasteiger partial charge in [-0.05, 0) is 30.2 Å². The van der Waals surface area contributed by atoms with E-state index in [-0.39, 0.29) is 11.8 Å². The van der Waals surface area contributed by atoms with Crippen molar-refractivity contribution < 1.29 is 9.63 Å². The summed E-state index contributed by atoms with van der Waals surface area (Å²) >= 11 is 0. The largest absolute Gasteiger partial charge is 0.283 e. The van der Waals surface area contributed by atoms with Crippen LogP contribution in [0.3, 0.4) is 0 Å². The predicted molar refractivity (Wildman–Crippen MR) is 78.4 cm³/mol. The molecular weight excluding hydrogens is 254 g/mol. The van der Waals surface area contributed by atoms with Crippen molar-refractivity contribution in [2.45, 2.75) is 6.92 Å². The number of rotatable bonds is 5. The highest BCUT2D eigenvalue weighted by atomic mass is 16.7. The van der Waals surface area contributed by atoms with Gasteiger partial charge in [0.1, 0.15) is 0 Å². The first kappa shape index (κ1) is 14.2. The Morgan fingerprint density at radius 1 is 1.40 bits per heavy atom. The van der Waals surface area contributed by atoms with E-state index in [2.05, 4.69) is 16.0 Å². The molecule has 1 atom stereocenters. The van der Waals surface area contributed by atoms with Crippen molar-refractivity contribution in [3.05, 3.63) is 53.7 Å². The molecule has 1 aliphatic heterocycles. The molecule has 5 heteroatoms. The van der Waals surface area contributed by atoms with Gasteiger partial charge in [-0.2, -0.15) is 0 Å². The lowest BCUT2D eigenvalue weighted by atomic mass is 9.95. The highest BCUT2D eigenvalue weighted by molar-refractivity contribution is 5.98. The van der Waals surface area contributed by atoms with Gasteiger partial charge in [-0.25, -0.2) is 0 Å². The van der Waals surface area contributed by atoms with E-state index >= 15 is 0 Å². The molecular formula is C15H17N3O2. The summed E-state index contributed by atoms with van der Waals surface area (Å²) in [4.78, 5) is 21.0. The monoisotopic (exact) mass is 271 g/mol. The molecule has 0 aliphatic carbocycles. The number of nitrogens with zero attached hydrogens (tertiary/aromatic N) is 1. The molecule has 2 rings (SSSR count). The molecule has 104 valence electrons. The van der Waals surface area contributed by atoms with Crippen molar-refractivity contribution in [1.29, 1.82) is 0 Å². The maximum atomic E-state index is 12.1. The summed E-state index contributed by atoms with van der Waals surface area (Å²) in [5.41, 5.74) is 6.77. The first-order chi connectivity index (χ1) is 9.81. The van der Waals surface area contributed by atoms with Crippen molar-refractivity contribution >= 4 is 18.2 Å². The van der Waals surface area contributed by atoms with E-state index in [1.165, 1.54) is 0 Å². The second kappa shape index (κ2) is 7.37.